The van der Waals surface area contributed by atoms with Crippen molar-refractivity contribution in [3.63, 3.8) is 0 Å². The fourth-order valence-corrected chi connectivity index (χ4v) is 3.91. The number of aliphatic hydroxyl groups is 1. The van der Waals surface area contributed by atoms with Gasteiger partial charge in [-0.25, -0.2) is 0 Å². The molecule has 1 heterocycles. The van der Waals surface area contributed by atoms with Crippen molar-refractivity contribution in [3.8, 4) is 5.75 Å². The van der Waals surface area contributed by atoms with Crippen molar-refractivity contribution in [2.45, 2.75) is 47.1 Å². The lowest BCUT2D eigenvalue weighted by molar-refractivity contribution is -0.143. The molecule has 0 fully saturated rings. The summed E-state index contributed by atoms with van der Waals surface area (Å²) in [6.45, 7) is 12.4. The third-order valence-electron chi connectivity index (χ3n) is 3.35. The van der Waals surface area contributed by atoms with Crippen LogP contribution in [0.1, 0.15) is 46.4 Å². The smallest absolute Gasteiger partial charge is 0.135 e. The van der Waals surface area contributed by atoms with Crippen LogP contribution in [0.25, 0.3) is 0 Å². The predicted molar refractivity (Wildman–Crippen MR) is 73.7 cm³/mol. The van der Waals surface area contributed by atoms with Crippen molar-refractivity contribution in [1.82, 2.24) is 0 Å². The molecule has 17 heavy (non-hydrogen) atoms. The molecule has 98 valence electrons. The molecule has 2 nitrogen and oxygen atoms in total. The Labute approximate surface area is 109 Å². The van der Waals surface area contributed by atoms with Gasteiger partial charge in [0.2, 0.25) is 0 Å². The van der Waals surface area contributed by atoms with E-state index >= 15 is 0 Å². The first-order valence-electron chi connectivity index (χ1n) is 5.90. The molecule has 1 aromatic heterocycles. The largest absolute Gasteiger partial charge is 0.495 e. The van der Waals surface area contributed by atoms with Crippen molar-refractivity contribution in [2.24, 2.45) is 10.8 Å². The van der Waals surface area contributed by atoms with E-state index in [1.165, 1.54) is 0 Å². The summed E-state index contributed by atoms with van der Waals surface area (Å²) in [5, 5.41) is 13.3. The van der Waals surface area contributed by atoms with Crippen LogP contribution in [0.3, 0.4) is 0 Å². The third kappa shape index (κ3) is 2.23. The fraction of sp³-hybridized carbons (Fsp3) is 0.714. The molecule has 1 aromatic rings. The van der Waals surface area contributed by atoms with E-state index in [-0.39, 0.29) is 10.8 Å². The quantitative estimate of drug-likeness (QED) is 0.865. The summed E-state index contributed by atoms with van der Waals surface area (Å²) in [4.78, 5) is 0.917. The summed E-state index contributed by atoms with van der Waals surface area (Å²) < 4.78 is 5.37. The summed E-state index contributed by atoms with van der Waals surface area (Å²) in [5.74, 6) is 0.780. The van der Waals surface area contributed by atoms with Crippen LogP contribution < -0.4 is 4.74 Å². The van der Waals surface area contributed by atoms with Crippen molar-refractivity contribution >= 4 is 11.3 Å². The molecule has 1 N–H and O–H groups in total. The molecule has 0 amide bonds. The topological polar surface area (TPSA) is 29.5 Å². The first-order valence-corrected chi connectivity index (χ1v) is 6.78. The SMILES string of the molecule is COc1ccsc1C(O)(C(C)(C)C)C(C)(C)C. The Hall–Kier alpha value is -0.540. The fourth-order valence-electron chi connectivity index (χ4n) is 2.53. The van der Waals surface area contributed by atoms with Gasteiger partial charge in [-0.3, -0.25) is 0 Å². The standard InChI is InChI=1S/C14H24O2S/c1-12(2,3)14(15,13(4,5)6)11-10(16-7)8-9-17-11/h8-9,15H,1-7H3. The van der Waals surface area contributed by atoms with Gasteiger partial charge in [0.15, 0.2) is 0 Å². The van der Waals surface area contributed by atoms with Crippen LogP contribution in [-0.2, 0) is 5.60 Å². The molecule has 0 aliphatic heterocycles. The molecular weight excluding hydrogens is 232 g/mol. The lowest BCUT2D eigenvalue weighted by Crippen LogP contribution is -2.49. The van der Waals surface area contributed by atoms with Crippen molar-refractivity contribution in [3.05, 3.63) is 16.3 Å². The maximum atomic E-state index is 11.3. The summed E-state index contributed by atoms with van der Waals surface area (Å²) in [5.41, 5.74) is -1.44. The van der Waals surface area contributed by atoms with Crippen molar-refractivity contribution in [2.75, 3.05) is 7.11 Å². The highest BCUT2D eigenvalue weighted by atomic mass is 32.1. The Morgan fingerprint density at radius 1 is 1.06 bits per heavy atom. The number of hydrogen-bond donors (Lipinski definition) is 1. The molecule has 0 aliphatic rings. The second-order valence-electron chi connectivity index (χ2n) is 6.53. The summed E-state index contributed by atoms with van der Waals surface area (Å²) >= 11 is 1.56. The summed E-state index contributed by atoms with van der Waals surface area (Å²) in [6.07, 6.45) is 0. The lowest BCUT2D eigenvalue weighted by atomic mass is 9.62. The van der Waals surface area contributed by atoms with E-state index in [2.05, 4.69) is 41.5 Å². The molecule has 0 radical (unpaired) electrons. The van der Waals surface area contributed by atoms with Gasteiger partial charge in [-0.2, -0.15) is 0 Å². The first-order chi connectivity index (χ1) is 7.55. The monoisotopic (exact) mass is 256 g/mol. The van der Waals surface area contributed by atoms with Gasteiger partial charge in [0, 0.05) is 0 Å². The number of hydrogen-bond acceptors (Lipinski definition) is 3. The number of ether oxygens (including phenoxy) is 1. The molecule has 0 aliphatic carbocycles. The maximum Gasteiger partial charge on any atom is 0.135 e. The Bertz CT molecular complexity index is 366. The second kappa shape index (κ2) is 4.29. The normalized spacial score (nSPS) is 13.9. The molecule has 1 rings (SSSR count). The Kier molecular flexibility index (Phi) is 3.66. The lowest BCUT2D eigenvalue weighted by Gasteiger charge is -2.49. The third-order valence-corrected chi connectivity index (χ3v) is 4.35. The van der Waals surface area contributed by atoms with E-state index in [0.29, 0.717) is 0 Å². The van der Waals surface area contributed by atoms with Gasteiger partial charge < -0.3 is 9.84 Å². The minimum atomic E-state index is -0.917. The van der Waals surface area contributed by atoms with Crippen LogP contribution in [0.15, 0.2) is 11.4 Å². The second-order valence-corrected chi connectivity index (χ2v) is 7.44. The van der Waals surface area contributed by atoms with Crippen molar-refractivity contribution in [1.29, 1.82) is 0 Å². The molecule has 0 unspecified atom stereocenters. The number of methoxy groups -OCH3 is 1. The van der Waals surface area contributed by atoms with Gasteiger partial charge >= 0.3 is 0 Å². The molecule has 0 bridgehead atoms. The van der Waals surface area contributed by atoms with E-state index in [1.807, 2.05) is 11.4 Å². The zero-order valence-corrected chi connectivity index (χ0v) is 12.7. The zero-order valence-electron chi connectivity index (χ0n) is 11.9. The molecule has 0 spiro atoms. The van der Waals surface area contributed by atoms with Gasteiger partial charge in [0.05, 0.1) is 12.0 Å². The molecule has 0 aromatic carbocycles. The van der Waals surface area contributed by atoms with E-state index < -0.39 is 5.60 Å². The Balaban J connectivity index is 3.46. The molecule has 0 saturated carbocycles. The van der Waals surface area contributed by atoms with Crippen LogP contribution in [0.4, 0.5) is 0 Å². The number of rotatable bonds is 2. The van der Waals surface area contributed by atoms with Crippen LogP contribution in [0.5, 0.6) is 5.75 Å². The minimum absolute atomic E-state index is 0.261. The van der Waals surface area contributed by atoms with Crippen LogP contribution in [0, 0.1) is 10.8 Å². The van der Waals surface area contributed by atoms with Crippen LogP contribution in [-0.4, -0.2) is 12.2 Å². The average Bonchev–Trinajstić information content (AvgIpc) is 2.60. The molecule has 0 atom stereocenters. The summed E-state index contributed by atoms with van der Waals surface area (Å²) in [6, 6.07) is 1.92. The minimum Gasteiger partial charge on any atom is -0.495 e. The van der Waals surface area contributed by atoms with E-state index in [4.69, 9.17) is 4.74 Å². The highest BCUT2D eigenvalue weighted by Crippen LogP contribution is 2.55. The Morgan fingerprint density at radius 2 is 1.53 bits per heavy atom. The van der Waals surface area contributed by atoms with E-state index in [0.717, 1.165) is 10.6 Å². The maximum absolute atomic E-state index is 11.3. The first kappa shape index (κ1) is 14.5. The van der Waals surface area contributed by atoms with Crippen LogP contribution in [0.2, 0.25) is 0 Å². The van der Waals surface area contributed by atoms with E-state index in [1.54, 1.807) is 18.4 Å². The highest BCUT2D eigenvalue weighted by molar-refractivity contribution is 7.10. The molecule has 0 saturated heterocycles. The van der Waals surface area contributed by atoms with Gasteiger partial charge in [-0.1, -0.05) is 41.5 Å². The zero-order chi connectivity index (χ0) is 13.5. The van der Waals surface area contributed by atoms with Gasteiger partial charge in [-0.15, -0.1) is 11.3 Å². The summed E-state index contributed by atoms with van der Waals surface area (Å²) in [7, 11) is 1.65. The Morgan fingerprint density at radius 3 is 1.88 bits per heavy atom. The molecule has 3 heteroatoms. The van der Waals surface area contributed by atoms with Crippen LogP contribution >= 0.6 is 11.3 Å². The van der Waals surface area contributed by atoms with E-state index in [9.17, 15) is 5.11 Å². The number of thiophene rings is 1. The predicted octanol–water partition coefficient (Wildman–Crippen LogP) is 4.04. The van der Waals surface area contributed by atoms with Crippen molar-refractivity contribution < 1.29 is 9.84 Å². The highest BCUT2D eigenvalue weighted by Gasteiger charge is 2.52. The average molecular weight is 256 g/mol. The van der Waals surface area contributed by atoms with Gasteiger partial charge in [0.1, 0.15) is 11.4 Å². The van der Waals surface area contributed by atoms with Gasteiger partial charge in [-0.05, 0) is 22.3 Å². The van der Waals surface area contributed by atoms with Gasteiger partial charge in [0.25, 0.3) is 0 Å². The molecular formula is C14H24O2S.